The minimum absolute atomic E-state index is 0.0413. The first-order valence-corrected chi connectivity index (χ1v) is 6.50. The zero-order chi connectivity index (χ0) is 16.3. The molecule has 1 aliphatic rings. The van der Waals surface area contributed by atoms with Crippen molar-refractivity contribution < 1.29 is 23.6 Å². The molecule has 118 valence electrons. The number of nitrogens with zero attached hydrogens (tertiary/aromatic N) is 3. The molecule has 1 saturated heterocycles. The van der Waals surface area contributed by atoms with E-state index >= 15 is 0 Å². The smallest absolute Gasteiger partial charge is 0.409 e. The summed E-state index contributed by atoms with van der Waals surface area (Å²) >= 11 is 0. The predicted octanol–water partition coefficient (Wildman–Crippen LogP) is 1.26. The number of nitro benzene ring substituents is 1. The van der Waals surface area contributed by atoms with E-state index in [4.69, 9.17) is 0 Å². The molecule has 1 aromatic rings. The monoisotopic (exact) mass is 311 g/mol. The third kappa shape index (κ3) is 3.13. The molecule has 0 aliphatic carbocycles. The van der Waals surface area contributed by atoms with Crippen LogP contribution in [0.5, 0.6) is 0 Å². The Bertz CT molecular complexity index is 614. The van der Waals surface area contributed by atoms with Crippen molar-refractivity contribution in [2.45, 2.75) is 0 Å². The average molecular weight is 311 g/mol. The van der Waals surface area contributed by atoms with E-state index in [1.807, 2.05) is 0 Å². The number of ether oxygens (including phenoxy) is 1. The summed E-state index contributed by atoms with van der Waals surface area (Å²) < 4.78 is 17.9. The normalized spacial score (nSPS) is 14.6. The van der Waals surface area contributed by atoms with Crippen LogP contribution >= 0.6 is 0 Å². The quantitative estimate of drug-likeness (QED) is 0.605. The number of hydrogen-bond donors (Lipinski definition) is 0. The standard InChI is InChI=1S/C13H14FN3O5/c1-22-13(19)16-6-4-15(5-7-16)12(18)9-2-3-10(14)11(8-9)17(20)21/h2-3,8H,4-7H2,1H3. The molecule has 8 nitrogen and oxygen atoms in total. The Morgan fingerprint density at radius 3 is 2.36 bits per heavy atom. The van der Waals surface area contributed by atoms with Gasteiger partial charge in [-0.05, 0) is 12.1 Å². The van der Waals surface area contributed by atoms with Gasteiger partial charge < -0.3 is 14.5 Å². The fourth-order valence-corrected chi connectivity index (χ4v) is 2.19. The van der Waals surface area contributed by atoms with Crippen LogP contribution < -0.4 is 0 Å². The molecule has 0 aromatic heterocycles. The number of methoxy groups -OCH3 is 1. The summed E-state index contributed by atoms with van der Waals surface area (Å²) in [5.41, 5.74) is -0.696. The first-order valence-electron chi connectivity index (χ1n) is 6.50. The molecule has 0 N–H and O–H groups in total. The highest BCUT2D eigenvalue weighted by Crippen LogP contribution is 2.20. The molecule has 1 fully saturated rings. The number of hydrogen-bond acceptors (Lipinski definition) is 5. The lowest BCUT2D eigenvalue weighted by atomic mass is 10.1. The van der Waals surface area contributed by atoms with Gasteiger partial charge >= 0.3 is 11.8 Å². The van der Waals surface area contributed by atoms with E-state index in [0.29, 0.717) is 13.1 Å². The second-order valence-corrected chi connectivity index (χ2v) is 4.67. The lowest BCUT2D eigenvalue weighted by Gasteiger charge is -2.33. The molecule has 0 unspecified atom stereocenters. The van der Waals surface area contributed by atoms with Crippen molar-refractivity contribution in [2.75, 3.05) is 33.3 Å². The summed E-state index contributed by atoms with van der Waals surface area (Å²) in [7, 11) is 1.28. The van der Waals surface area contributed by atoms with E-state index in [1.54, 1.807) is 0 Å². The summed E-state index contributed by atoms with van der Waals surface area (Å²) in [6.45, 7) is 1.17. The Morgan fingerprint density at radius 2 is 1.82 bits per heavy atom. The van der Waals surface area contributed by atoms with Crippen LogP contribution in [0.4, 0.5) is 14.9 Å². The maximum Gasteiger partial charge on any atom is 0.409 e. The Kier molecular flexibility index (Phi) is 4.54. The molecule has 0 radical (unpaired) electrons. The van der Waals surface area contributed by atoms with Gasteiger partial charge in [0.05, 0.1) is 12.0 Å². The van der Waals surface area contributed by atoms with Crippen LogP contribution in [0.2, 0.25) is 0 Å². The fourth-order valence-electron chi connectivity index (χ4n) is 2.19. The van der Waals surface area contributed by atoms with Crippen LogP contribution in [0.25, 0.3) is 0 Å². The van der Waals surface area contributed by atoms with Gasteiger partial charge in [0.2, 0.25) is 5.82 Å². The molecular formula is C13H14FN3O5. The van der Waals surface area contributed by atoms with Gasteiger partial charge in [-0.3, -0.25) is 14.9 Å². The van der Waals surface area contributed by atoms with Crippen molar-refractivity contribution >= 4 is 17.7 Å². The molecule has 1 aliphatic heterocycles. The molecule has 2 amide bonds. The number of rotatable bonds is 2. The Balaban J connectivity index is 2.09. The SMILES string of the molecule is COC(=O)N1CCN(C(=O)c2ccc(F)c([N+](=O)[O-])c2)CC1. The van der Waals surface area contributed by atoms with Crippen molar-refractivity contribution in [1.29, 1.82) is 0 Å². The number of amides is 2. The molecule has 1 heterocycles. The fraction of sp³-hybridized carbons (Fsp3) is 0.385. The highest BCUT2D eigenvalue weighted by Gasteiger charge is 2.26. The number of carbonyl (C=O) groups is 2. The Hall–Kier alpha value is -2.71. The summed E-state index contributed by atoms with van der Waals surface area (Å²) in [5, 5.41) is 10.7. The van der Waals surface area contributed by atoms with E-state index < -0.39 is 28.4 Å². The lowest BCUT2D eigenvalue weighted by Crippen LogP contribution is -2.50. The van der Waals surface area contributed by atoms with Gasteiger partial charge in [-0.15, -0.1) is 0 Å². The van der Waals surface area contributed by atoms with Crippen LogP contribution in [0, 0.1) is 15.9 Å². The minimum atomic E-state index is -0.989. The van der Waals surface area contributed by atoms with Crippen molar-refractivity contribution in [2.24, 2.45) is 0 Å². The van der Waals surface area contributed by atoms with Crippen LogP contribution in [-0.2, 0) is 4.74 Å². The number of carbonyl (C=O) groups excluding carboxylic acids is 2. The van der Waals surface area contributed by atoms with Gasteiger partial charge in [-0.1, -0.05) is 0 Å². The Morgan fingerprint density at radius 1 is 1.23 bits per heavy atom. The molecule has 2 rings (SSSR count). The van der Waals surface area contributed by atoms with Crippen LogP contribution in [0.3, 0.4) is 0 Å². The summed E-state index contributed by atoms with van der Waals surface area (Å²) in [6.07, 6.45) is -0.468. The molecule has 22 heavy (non-hydrogen) atoms. The van der Waals surface area contributed by atoms with E-state index in [9.17, 15) is 24.1 Å². The van der Waals surface area contributed by atoms with Gasteiger partial charge in [0.1, 0.15) is 0 Å². The zero-order valence-electron chi connectivity index (χ0n) is 11.8. The first-order chi connectivity index (χ1) is 10.4. The van der Waals surface area contributed by atoms with Gasteiger partial charge in [0.25, 0.3) is 5.91 Å². The summed E-state index contributed by atoms with van der Waals surface area (Å²) in [5.74, 6) is -1.43. The predicted molar refractivity (Wildman–Crippen MR) is 72.9 cm³/mol. The summed E-state index contributed by atoms with van der Waals surface area (Å²) in [6, 6.07) is 3.03. The maximum atomic E-state index is 13.3. The number of piperazine rings is 1. The van der Waals surface area contributed by atoms with Gasteiger partial charge in [0, 0.05) is 37.8 Å². The van der Waals surface area contributed by atoms with Gasteiger partial charge in [-0.2, -0.15) is 4.39 Å². The minimum Gasteiger partial charge on any atom is -0.453 e. The molecule has 0 saturated carbocycles. The van der Waals surface area contributed by atoms with Crippen molar-refractivity contribution in [1.82, 2.24) is 9.80 Å². The highest BCUT2D eigenvalue weighted by atomic mass is 19.1. The van der Waals surface area contributed by atoms with E-state index in [0.717, 1.165) is 12.1 Å². The van der Waals surface area contributed by atoms with E-state index in [1.165, 1.54) is 23.0 Å². The van der Waals surface area contributed by atoms with Crippen LogP contribution in [0.1, 0.15) is 10.4 Å². The second kappa shape index (κ2) is 6.37. The topological polar surface area (TPSA) is 93.0 Å². The molecule has 0 bridgehead atoms. The summed E-state index contributed by atoms with van der Waals surface area (Å²) in [4.78, 5) is 36.4. The third-order valence-corrected chi connectivity index (χ3v) is 3.39. The maximum absolute atomic E-state index is 13.3. The highest BCUT2D eigenvalue weighted by molar-refractivity contribution is 5.95. The second-order valence-electron chi connectivity index (χ2n) is 4.67. The average Bonchev–Trinajstić information content (AvgIpc) is 2.53. The zero-order valence-corrected chi connectivity index (χ0v) is 11.8. The molecule has 9 heteroatoms. The Labute approximate surface area is 125 Å². The van der Waals surface area contributed by atoms with Gasteiger partial charge in [0.15, 0.2) is 0 Å². The first kappa shape index (κ1) is 15.7. The van der Waals surface area contributed by atoms with E-state index in [2.05, 4.69) is 4.74 Å². The van der Waals surface area contributed by atoms with Crippen molar-refractivity contribution in [3.05, 3.63) is 39.7 Å². The van der Waals surface area contributed by atoms with Crippen molar-refractivity contribution in [3.63, 3.8) is 0 Å². The molecule has 0 spiro atoms. The largest absolute Gasteiger partial charge is 0.453 e. The molecular weight excluding hydrogens is 297 g/mol. The lowest BCUT2D eigenvalue weighted by molar-refractivity contribution is -0.387. The number of benzene rings is 1. The third-order valence-electron chi connectivity index (χ3n) is 3.39. The van der Waals surface area contributed by atoms with Gasteiger partial charge in [-0.25, -0.2) is 4.79 Å². The van der Waals surface area contributed by atoms with Crippen LogP contribution in [-0.4, -0.2) is 60.0 Å². The number of halogens is 1. The number of nitro groups is 1. The van der Waals surface area contributed by atoms with Crippen molar-refractivity contribution in [3.8, 4) is 0 Å². The van der Waals surface area contributed by atoms with E-state index in [-0.39, 0.29) is 18.7 Å². The molecule has 1 aromatic carbocycles. The molecule has 0 atom stereocenters. The van der Waals surface area contributed by atoms with Crippen LogP contribution in [0.15, 0.2) is 18.2 Å².